The second-order valence-corrected chi connectivity index (χ2v) is 6.25. The van der Waals surface area contributed by atoms with E-state index in [4.69, 9.17) is 16.3 Å². The number of aryl methyl sites for hydroxylation is 1. The van der Waals surface area contributed by atoms with E-state index >= 15 is 0 Å². The van der Waals surface area contributed by atoms with Crippen LogP contribution in [0.3, 0.4) is 0 Å². The Balaban J connectivity index is 2.40. The van der Waals surface area contributed by atoms with E-state index in [1.54, 1.807) is 24.3 Å². The number of carbonyl (C=O) groups is 2. The van der Waals surface area contributed by atoms with Crippen molar-refractivity contribution >= 4 is 39.8 Å². The van der Waals surface area contributed by atoms with E-state index in [1.807, 2.05) is 13.8 Å². The normalized spacial score (nSPS) is 10.4. The fourth-order valence-corrected chi connectivity index (χ4v) is 3.58. The fraction of sp³-hybridized carbons (Fsp3) is 0.250. The topological polar surface area (TPSA) is 55.4 Å². The molecule has 0 aliphatic carbocycles. The minimum Gasteiger partial charge on any atom is -0.465 e. The van der Waals surface area contributed by atoms with Gasteiger partial charge in [0.1, 0.15) is 5.00 Å². The Hall–Kier alpha value is -1.85. The molecule has 0 saturated carbocycles. The molecule has 1 N–H and O–H groups in total. The molecule has 1 amide bonds. The number of benzene rings is 1. The van der Waals surface area contributed by atoms with Crippen LogP contribution in [0.1, 0.15) is 38.1 Å². The lowest BCUT2D eigenvalue weighted by Crippen LogP contribution is -2.15. The van der Waals surface area contributed by atoms with Crippen LogP contribution in [0.15, 0.2) is 24.3 Å². The summed E-state index contributed by atoms with van der Waals surface area (Å²) in [6, 6.07) is 6.77. The molecule has 1 aromatic carbocycles. The van der Waals surface area contributed by atoms with Gasteiger partial charge < -0.3 is 10.1 Å². The Bertz CT molecular complexity index is 724. The summed E-state index contributed by atoms with van der Waals surface area (Å²) < 4.78 is 4.83. The molecule has 6 heteroatoms. The number of nitrogens with one attached hydrogen (secondary N) is 1. The number of thiophene rings is 1. The molecule has 4 nitrogen and oxygen atoms in total. The quantitative estimate of drug-likeness (QED) is 0.846. The van der Waals surface area contributed by atoms with Crippen molar-refractivity contribution in [2.75, 3.05) is 12.4 Å². The molecule has 0 spiro atoms. The van der Waals surface area contributed by atoms with Gasteiger partial charge in [-0.1, -0.05) is 30.7 Å². The number of carbonyl (C=O) groups excluding carboxylic acids is 2. The second-order valence-electron chi connectivity index (χ2n) is 4.62. The molecule has 0 aliphatic heterocycles. The molecule has 0 saturated heterocycles. The monoisotopic (exact) mass is 337 g/mol. The van der Waals surface area contributed by atoms with Gasteiger partial charge in [-0.3, -0.25) is 4.79 Å². The highest BCUT2D eigenvalue weighted by molar-refractivity contribution is 7.16. The molecule has 1 heterocycles. The summed E-state index contributed by atoms with van der Waals surface area (Å²) in [6.45, 7) is 3.88. The van der Waals surface area contributed by atoms with E-state index in [2.05, 4.69) is 5.32 Å². The minimum atomic E-state index is -0.448. The molecular formula is C16H16ClNO3S. The van der Waals surface area contributed by atoms with Gasteiger partial charge in [-0.25, -0.2) is 4.79 Å². The first-order chi connectivity index (χ1) is 10.5. The molecule has 2 aromatic rings. The number of ether oxygens (including phenoxy) is 1. The van der Waals surface area contributed by atoms with E-state index in [9.17, 15) is 9.59 Å². The molecule has 1 aromatic heterocycles. The number of methoxy groups -OCH3 is 1. The molecule has 0 aliphatic rings. The van der Waals surface area contributed by atoms with Crippen molar-refractivity contribution in [3.63, 3.8) is 0 Å². The molecule has 0 fully saturated rings. The summed E-state index contributed by atoms with van der Waals surface area (Å²) in [5.74, 6) is -0.796. The van der Waals surface area contributed by atoms with Gasteiger partial charge in [-0.2, -0.15) is 0 Å². The van der Waals surface area contributed by atoms with E-state index in [-0.39, 0.29) is 5.91 Å². The maximum Gasteiger partial charge on any atom is 0.341 e. The van der Waals surface area contributed by atoms with Crippen molar-refractivity contribution < 1.29 is 14.3 Å². The average molecular weight is 338 g/mol. The van der Waals surface area contributed by atoms with E-state index in [0.717, 1.165) is 10.4 Å². The summed E-state index contributed by atoms with van der Waals surface area (Å²) >= 11 is 7.39. The van der Waals surface area contributed by atoms with Gasteiger partial charge in [0.05, 0.1) is 23.3 Å². The van der Waals surface area contributed by atoms with Crippen molar-refractivity contribution in [1.29, 1.82) is 0 Å². The lowest BCUT2D eigenvalue weighted by atomic mass is 10.1. The number of rotatable bonds is 4. The minimum absolute atomic E-state index is 0.348. The molecule has 116 valence electrons. The van der Waals surface area contributed by atoms with Crippen LogP contribution < -0.4 is 5.32 Å². The van der Waals surface area contributed by atoms with Gasteiger partial charge in [0.15, 0.2) is 0 Å². The van der Waals surface area contributed by atoms with Crippen LogP contribution in [-0.2, 0) is 11.2 Å². The SMILES string of the molecule is CCc1c(C)sc(NC(=O)c2ccccc2Cl)c1C(=O)OC. The molecule has 0 unspecified atom stereocenters. The third-order valence-corrected chi connectivity index (χ3v) is 4.69. The number of hydrogen-bond acceptors (Lipinski definition) is 4. The van der Waals surface area contributed by atoms with Gasteiger partial charge in [0, 0.05) is 4.88 Å². The molecule has 22 heavy (non-hydrogen) atoms. The first kappa shape index (κ1) is 16.5. The third-order valence-electron chi connectivity index (χ3n) is 3.30. The Morgan fingerprint density at radius 2 is 2.00 bits per heavy atom. The van der Waals surface area contributed by atoms with Crippen LogP contribution in [0.25, 0.3) is 0 Å². The van der Waals surface area contributed by atoms with Crippen molar-refractivity contribution in [2.24, 2.45) is 0 Å². The highest BCUT2D eigenvalue weighted by Crippen LogP contribution is 2.34. The highest BCUT2D eigenvalue weighted by Gasteiger charge is 2.23. The molecule has 2 rings (SSSR count). The number of esters is 1. The largest absolute Gasteiger partial charge is 0.465 e. The fourth-order valence-electron chi connectivity index (χ4n) is 2.23. The van der Waals surface area contributed by atoms with Crippen molar-refractivity contribution in [2.45, 2.75) is 20.3 Å². The Labute approximate surface area is 138 Å². The summed E-state index contributed by atoms with van der Waals surface area (Å²) in [5.41, 5.74) is 1.68. The summed E-state index contributed by atoms with van der Waals surface area (Å²) in [4.78, 5) is 25.4. The molecular weight excluding hydrogens is 322 g/mol. The standard InChI is InChI=1S/C16H16ClNO3S/c1-4-10-9(2)22-15(13(10)16(20)21-3)18-14(19)11-7-5-6-8-12(11)17/h5-8H,4H2,1-3H3,(H,18,19). The molecule has 0 atom stereocenters. The van der Waals surface area contributed by atoms with Gasteiger partial charge >= 0.3 is 5.97 Å². The highest BCUT2D eigenvalue weighted by atomic mass is 35.5. The number of amides is 1. The van der Waals surface area contributed by atoms with E-state index in [1.165, 1.54) is 18.4 Å². The van der Waals surface area contributed by atoms with E-state index in [0.29, 0.717) is 27.6 Å². The Kier molecular flexibility index (Phi) is 5.21. The molecule has 0 bridgehead atoms. The predicted octanol–water partition coefficient (Wildman–Crippen LogP) is 4.31. The third kappa shape index (κ3) is 3.15. The van der Waals surface area contributed by atoms with Crippen LogP contribution >= 0.6 is 22.9 Å². The van der Waals surface area contributed by atoms with Gasteiger partial charge in [0.25, 0.3) is 5.91 Å². The summed E-state index contributed by atoms with van der Waals surface area (Å²) in [7, 11) is 1.33. The van der Waals surface area contributed by atoms with Gasteiger partial charge in [0.2, 0.25) is 0 Å². The predicted molar refractivity (Wildman–Crippen MR) is 89.2 cm³/mol. The van der Waals surface area contributed by atoms with Crippen LogP contribution in [0, 0.1) is 6.92 Å². The van der Waals surface area contributed by atoms with Gasteiger partial charge in [-0.05, 0) is 31.0 Å². The van der Waals surface area contributed by atoms with Crippen molar-refractivity contribution in [1.82, 2.24) is 0 Å². The van der Waals surface area contributed by atoms with Crippen molar-refractivity contribution in [3.05, 3.63) is 50.9 Å². The smallest absolute Gasteiger partial charge is 0.341 e. The zero-order valence-corrected chi connectivity index (χ0v) is 14.1. The van der Waals surface area contributed by atoms with Crippen LogP contribution in [-0.4, -0.2) is 19.0 Å². The summed E-state index contributed by atoms with van der Waals surface area (Å²) in [5, 5.41) is 3.63. The van der Waals surface area contributed by atoms with Crippen LogP contribution in [0.5, 0.6) is 0 Å². The number of halogens is 1. The maximum absolute atomic E-state index is 12.4. The lowest BCUT2D eigenvalue weighted by Gasteiger charge is -2.07. The Morgan fingerprint density at radius 1 is 1.32 bits per heavy atom. The maximum atomic E-state index is 12.4. The zero-order chi connectivity index (χ0) is 16.3. The van der Waals surface area contributed by atoms with Gasteiger partial charge in [-0.15, -0.1) is 11.3 Å². The summed E-state index contributed by atoms with van der Waals surface area (Å²) in [6.07, 6.45) is 0.689. The van der Waals surface area contributed by atoms with Crippen molar-refractivity contribution in [3.8, 4) is 0 Å². The number of hydrogen-bond donors (Lipinski definition) is 1. The average Bonchev–Trinajstić information content (AvgIpc) is 2.82. The van der Waals surface area contributed by atoms with Crippen LogP contribution in [0.4, 0.5) is 5.00 Å². The second kappa shape index (κ2) is 6.94. The first-order valence-electron chi connectivity index (χ1n) is 6.76. The number of anilines is 1. The lowest BCUT2D eigenvalue weighted by molar-refractivity contribution is 0.0601. The zero-order valence-electron chi connectivity index (χ0n) is 12.5. The first-order valence-corrected chi connectivity index (χ1v) is 7.95. The van der Waals surface area contributed by atoms with Crippen LogP contribution in [0.2, 0.25) is 5.02 Å². The van der Waals surface area contributed by atoms with E-state index < -0.39 is 5.97 Å². The molecule has 0 radical (unpaired) electrons. The Morgan fingerprint density at radius 3 is 2.59 bits per heavy atom.